The SMILES string of the molecule is CCN1CC2(CC1=O)CN(C(C)=O)CCN(C(=O)N(C)C)C2. The first-order chi connectivity index (χ1) is 10.3. The van der Waals surface area contributed by atoms with Crippen LogP contribution in [0.5, 0.6) is 0 Å². The van der Waals surface area contributed by atoms with Gasteiger partial charge in [0.25, 0.3) is 0 Å². The molecular weight excluding hydrogens is 284 g/mol. The molecule has 1 spiro atoms. The van der Waals surface area contributed by atoms with Crippen molar-refractivity contribution in [3.63, 3.8) is 0 Å². The van der Waals surface area contributed by atoms with Gasteiger partial charge in [0.15, 0.2) is 0 Å². The highest BCUT2D eigenvalue weighted by molar-refractivity contribution is 5.81. The first-order valence-electron chi connectivity index (χ1n) is 7.77. The zero-order chi connectivity index (χ0) is 16.5. The van der Waals surface area contributed by atoms with E-state index in [-0.39, 0.29) is 23.3 Å². The Morgan fingerprint density at radius 3 is 2.23 bits per heavy atom. The van der Waals surface area contributed by atoms with Crippen LogP contribution in [0.4, 0.5) is 4.79 Å². The molecule has 0 bridgehead atoms. The molecule has 0 radical (unpaired) electrons. The minimum Gasteiger partial charge on any atom is -0.342 e. The van der Waals surface area contributed by atoms with Gasteiger partial charge in [-0.3, -0.25) is 9.59 Å². The van der Waals surface area contributed by atoms with Gasteiger partial charge >= 0.3 is 6.03 Å². The van der Waals surface area contributed by atoms with E-state index < -0.39 is 0 Å². The molecule has 1 atom stereocenters. The summed E-state index contributed by atoms with van der Waals surface area (Å²) in [5, 5.41) is 0. The van der Waals surface area contributed by atoms with Crippen molar-refractivity contribution in [2.24, 2.45) is 5.41 Å². The summed E-state index contributed by atoms with van der Waals surface area (Å²) in [7, 11) is 3.45. The highest BCUT2D eigenvalue weighted by Crippen LogP contribution is 2.35. The van der Waals surface area contributed by atoms with E-state index in [4.69, 9.17) is 0 Å². The summed E-state index contributed by atoms with van der Waals surface area (Å²) in [6.07, 6.45) is 0.405. The van der Waals surface area contributed by atoms with Gasteiger partial charge < -0.3 is 19.6 Å². The van der Waals surface area contributed by atoms with Crippen molar-refractivity contribution in [1.29, 1.82) is 0 Å². The van der Waals surface area contributed by atoms with Gasteiger partial charge in [-0.1, -0.05) is 0 Å². The fourth-order valence-electron chi connectivity index (χ4n) is 3.46. The zero-order valence-electron chi connectivity index (χ0n) is 14.0. The van der Waals surface area contributed by atoms with Crippen LogP contribution in [0.15, 0.2) is 0 Å². The summed E-state index contributed by atoms with van der Waals surface area (Å²) < 4.78 is 0. The predicted molar refractivity (Wildman–Crippen MR) is 82.2 cm³/mol. The van der Waals surface area contributed by atoms with Gasteiger partial charge in [-0.05, 0) is 6.92 Å². The zero-order valence-corrected chi connectivity index (χ0v) is 14.0. The highest BCUT2D eigenvalue weighted by Gasteiger charge is 2.47. The molecule has 0 aromatic carbocycles. The molecule has 2 fully saturated rings. The molecule has 2 rings (SSSR count). The maximum absolute atomic E-state index is 12.3. The Bertz CT molecular complexity index is 479. The second-order valence-electron chi connectivity index (χ2n) is 6.62. The van der Waals surface area contributed by atoms with Crippen LogP contribution in [0.3, 0.4) is 0 Å². The lowest BCUT2D eigenvalue weighted by atomic mass is 9.86. The van der Waals surface area contributed by atoms with Crippen molar-refractivity contribution < 1.29 is 14.4 Å². The Labute approximate surface area is 131 Å². The van der Waals surface area contributed by atoms with Crippen LogP contribution in [0, 0.1) is 5.41 Å². The molecule has 7 nitrogen and oxygen atoms in total. The van der Waals surface area contributed by atoms with Crippen LogP contribution >= 0.6 is 0 Å². The molecule has 0 N–H and O–H groups in total. The van der Waals surface area contributed by atoms with E-state index in [1.807, 2.05) is 11.8 Å². The maximum atomic E-state index is 12.3. The highest BCUT2D eigenvalue weighted by atomic mass is 16.2. The monoisotopic (exact) mass is 310 g/mol. The van der Waals surface area contributed by atoms with Crippen LogP contribution in [-0.2, 0) is 9.59 Å². The largest absolute Gasteiger partial charge is 0.342 e. The standard InChI is InChI=1S/C15H26N4O3/c1-5-17-9-15(8-13(17)21)10-18(12(2)20)6-7-19(11-15)14(22)16(3)4/h5-11H2,1-4H3. The molecule has 0 aromatic heterocycles. The first kappa shape index (κ1) is 16.6. The number of carbonyl (C=O) groups is 3. The average molecular weight is 310 g/mol. The van der Waals surface area contributed by atoms with E-state index in [1.165, 1.54) is 0 Å². The second kappa shape index (κ2) is 6.14. The van der Waals surface area contributed by atoms with E-state index in [0.717, 1.165) is 0 Å². The summed E-state index contributed by atoms with van der Waals surface area (Å²) in [6.45, 7) is 6.89. The van der Waals surface area contributed by atoms with Crippen molar-refractivity contribution in [2.75, 3.05) is 53.4 Å². The average Bonchev–Trinajstić information content (AvgIpc) is 2.64. The van der Waals surface area contributed by atoms with Crippen molar-refractivity contribution in [3.8, 4) is 0 Å². The van der Waals surface area contributed by atoms with Crippen molar-refractivity contribution in [3.05, 3.63) is 0 Å². The summed E-state index contributed by atoms with van der Waals surface area (Å²) in [5.41, 5.74) is -0.346. The number of carbonyl (C=O) groups excluding carboxylic acids is 3. The lowest BCUT2D eigenvalue weighted by Crippen LogP contribution is -2.47. The van der Waals surface area contributed by atoms with Crippen LogP contribution in [0.2, 0.25) is 0 Å². The molecule has 0 saturated carbocycles. The summed E-state index contributed by atoms with van der Waals surface area (Å²) in [5.74, 6) is 0.117. The van der Waals surface area contributed by atoms with Crippen LogP contribution in [0.25, 0.3) is 0 Å². The van der Waals surface area contributed by atoms with E-state index in [1.54, 1.807) is 35.7 Å². The van der Waals surface area contributed by atoms with E-state index in [9.17, 15) is 14.4 Å². The molecule has 22 heavy (non-hydrogen) atoms. The molecule has 2 heterocycles. The van der Waals surface area contributed by atoms with Gasteiger partial charge in [-0.25, -0.2) is 4.79 Å². The Balaban J connectivity index is 2.27. The number of nitrogens with zero attached hydrogens (tertiary/aromatic N) is 4. The number of rotatable bonds is 1. The summed E-state index contributed by atoms with van der Waals surface area (Å²) in [4.78, 5) is 43.3. The third-order valence-corrected chi connectivity index (χ3v) is 4.58. The molecular formula is C15H26N4O3. The van der Waals surface area contributed by atoms with Crippen LogP contribution in [-0.4, -0.2) is 90.8 Å². The lowest BCUT2D eigenvalue weighted by molar-refractivity contribution is -0.130. The maximum Gasteiger partial charge on any atom is 0.319 e. The fraction of sp³-hybridized carbons (Fsp3) is 0.800. The van der Waals surface area contributed by atoms with Gasteiger partial charge in [-0.15, -0.1) is 0 Å². The van der Waals surface area contributed by atoms with E-state index in [2.05, 4.69) is 0 Å². The van der Waals surface area contributed by atoms with Gasteiger partial charge in [0.1, 0.15) is 0 Å². The van der Waals surface area contributed by atoms with Crippen molar-refractivity contribution in [2.45, 2.75) is 20.3 Å². The molecule has 124 valence electrons. The quantitative estimate of drug-likeness (QED) is 0.688. The third-order valence-electron chi connectivity index (χ3n) is 4.58. The number of likely N-dealkylation sites (tertiary alicyclic amines) is 1. The normalized spacial score (nSPS) is 25.6. The number of hydrogen-bond donors (Lipinski definition) is 0. The van der Waals surface area contributed by atoms with Crippen LogP contribution in [0.1, 0.15) is 20.3 Å². The van der Waals surface area contributed by atoms with Gasteiger partial charge in [0.2, 0.25) is 11.8 Å². The van der Waals surface area contributed by atoms with Crippen molar-refractivity contribution >= 4 is 17.8 Å². The van der Waals surface area contributed by atoms with Gasteiger partial charge in [0, 0.05) is 72.1 Å². The van der Waals surface area contributed by atoms with E-state index >= 15 is 0 Å². The number of amides is 4. The topological polar surface area (TPSA) is 64.2 Å². The molecule has 0 aliphatic carbocycles. The third kappa shape index (κ3) is 3.18. The smallest absolute Gasteiger partial charge is 0.319 e. The Hall–Kier alpha value is -1.79. The Morgan fingerprint density at radius 2 is 1.73 bits per heavy atom. The van der Waals surface area contributed by atoms with Crippen molar-refractivity contribution in [1.82, 2.24) is 19.6 Å². The van der Waals surface area contributed by atoms with E-state index in [0.29, 0.717) is 45.7 Å². The number of hydrogen-bond acceptors (Lipinski definition) is 3. The minimum absolute atomic E-state index is 0.000856. The van der Waals surface area contributed by atoms with Gasteiger partial charge in [0.05, 0.1) is 0 Å². The summed E-state index contributed by atoms with van der Waals surface area (Å²) >= 11 is 0. The molecule has 4 amide bonds. The molecule has 2 saturated heterocycles. The Kier molecular flexibility index (Phi) is 4.63. The Morgan fingerprint density at radius 1 is 1.14 bits per heavy atom. The summed E-state index contributed by atoms with van der Waals surface area (Å²) in [6, 6.07) is -0.0628. The molecule has 1 unspecified atom stereocenters. The fourth-order valence-corrected chi connectivity index (χ4v) is 3.46. The molecule has 2 aliphatic rings. The number of urea groups is 1. The second-order valence-corrected chi connectivity index (χ2v) is 6.62. The first-order valence-corrected chi connectivity index (χ1v) is 7.77. The molecule has 7 heteroatoms. The van der Waals surface area contributed by atoms with Gasteiger partial charge in [-0.2, -0.15) is 0 Å². The minimum atomic E-state index is -0.346. The van der Waals surface area contributed by atoms with Crippen LogP contribution < -0.4 is 0 Å². The molecule has 2 aliphatic heterocycles. The molecule has 0 aromatic rings. The lowest BCUT2D eigenvalue weighted by Gasteiger charge is -2.34. The predicted octanol–water partition coefficient (Wildman–Crippen LogP) is 0.0707.